The summed E-state index contributed by atoms with van der Waals surface area (Å²) < 4.78 is 0. The molecule has 1 heteroatoms. The van der Waals surface area contributed by atoms with Crippen LogP contribution >= 0.6 is 0 Å². The van der Waals surface area contributed by atoms with Crippen LogP contribution in [0, 0.1) is 13.8 Å². The standard InChI is InChI=1S/C20H25N/c1-15-12-16(2)14-18(13-15)21-20-11-7-6-10-19(20)17-8-4-3-5-9-17/h3-5,8-9,12-14,19-21H,6-7,10-11H2,1-2H3. The Kier molecular flexibility index (Phi) is 4.28. The van der Waals surface area contributed by atoms with Gasteiger partial charge in [0.2, 0.25) is 0 Å². The number of nitrogens with one attached hydrogen (secondary N) is 1. The predicted molar refractivity (Wildman–Crippen MR) is 91.0 cm³/mol. The van der Waals surface area contributed by atoms with Gasteiger partial charge in [0.1, 0.15) is 0 Å². The molecule has 0 aliphatic heterocycles. The van der Waals surface area contributed by atoms with E-state index in [2.05, 4.69) is 67.7 Å². The molecule has 0 heterocycles. The molecule has 0 spiro atoms. The molecule has 1 nitrogen and oxygen atoms in total. The minimum absolute atomic E-state index is 0.558. The molecule has 0 saturated heterocycles. The normalized spacial score (nSPS) is 22.0. The molecule has 0 radical (unpaired) electrons. The third-order valence-electron chi connectivity index (χ3n) is 4.57. The van der Waals surface area contributed by atoms with Gasteiger partial charge in [-0.2, -0.15) is 0 Å². The summed E-state index contributed by atoms with van der Waals surface area (Å²) in [6.07, 6.45) is 5.26. The Morgan fingerprint density at radius 3 is 2.24 bits per heavy atom. The van der Waals surface area contributed by atoms with Crippen LogP contribution in [0.25, 0.3) is 0 Å². The van der Waals surface area contributed by atoms with Crippen molar-refractivity contribution in [1.29, 1.82) is 0 Å². The van der Waals surface area contributed by atoms with E-state index in [1.165, 1.54) is 48.1 Å². The zero-order chi connectivity index (χ0) is 14.7. The van der Waals surface area contributed by atoms with Crippen molar-refractivity contribution in [3.05, 3.63) is 65.2 Å². The fourth-order valence-corrected chi connectivity index (χ4v) is 3.67. The first-order valence-electron chi connectivity index (χ1n) is 8.12. The second-order valence-electron chi connectivity index (χ2n) is 6.43. The van der Waals surface area contributed by atoms with Gasteiger partial charge in [-0.25, -0.2) is 0 Å². The summed E-state index contributed by atoms with van der Waals surface area (Å²) in [6, 6.07) is 18.3. The highest BCUT2D eigenvalue weighted by molar-refractivity contribution is 5.49. The minimum Gasteiger partial charge on any atom is -0.382 e. The second kappa shape index (κ2) is 6.34. The molecule has 1 aliphatic carbocycles. The lowest BCUT2D eigenvalue weighted by Gasteiger charge is -2.33. The number of aryl methyl sites for hydroxylation is 2. The molecule has 3 rings (SSSR count). The summed E-state index contributed by atoms with van der Waals surface area (Å²) in [5.74, 6) is 0.640. The Morgan fingerprint density at radius 2 is 1.52 bits per heavy atom. The Hall–Kier alpha value is -1.76. The summed E-state index contributed by atoms with van der Waals surface area (Å²) in [7, 11) is 0. The van der Waals surface area contributed by atoms with Crippen molar-refractivity contribution in [2.45, 2.75) is 51.5 Å². The Bertz CT molecular complexity index is 568. The zero-order valence-corrected chi connectivity index (χ0v) is 13.1. The molecule has 0 aromatic heterocycles. The third-order valence-corrected chi connectivity index (χ3v) is 4.57. The lowest BCUT2D eigenvalue weighted by atomic mass is 9.80. The first-order chi connectivity index (χ1) is 10.2. The fourth-order valence-electron chi connectivity index (χ4n) is 3.67. The molecule has 2 unspecified atom stereocenters. The first-order valence-corrected chi connectivity index (χ1v) is 8.12. The van der Waals surface area contributed by atoms with E-state index in [0.29, 0.717) is 12.0 Å². The molecule has 2 aromatic rings. The summed E-state index contributed by atoms with van der Waals surface area (Å²) in [5.41, 5.74) is 5.44. The van der Waals surface area contributed by atoms with Crippen molar-refractivity contribution in [3.8, 4) is 0 Å². The number of benzene rings is 2. The van der Waals surface area contributed by atoms with Gasteiger partial charge in [0.15, 0.2) is 0 Å². The van der Waals surface area contributed by atoms with E-state index in [0.717, 1.165) is 0 Å². The lowest BCUT2D eigenvalue weighted by molar-refractivity contribution is 0.405. The van der Waals surface area contributed by atoms with E-state index in [4.69, 9.17) is 0 Å². The van der Waals surface area contributed by atoms with Crippen molar-refractivity contribution in [2.75, 3.05) is 5.32 Å². The monoisotopic (exact) mass is 279 g/mol. The van der Waals surface area contributed by atoms with Crippen molar-refractivity contribution in [2.24, 2.45) is 0 Å². The van der Waals surface area contributed by atoms with E-state index in [1.807, 2.05) is 0 Å². The van der Waals surface area contributed by atoms with Gasteiger partial charge >= 0.3 is 0 Å². The molecule has 2 aromatic carbocycles. The summed E-state index contributed by atoms with van der Waals surface area (Å²) in [6.45, 7) is 4.35. The van der Waals surface area contributed by atoms with Crippen LogP contribution in [0.4, 0.5) is 5.69 Å². The van der Waals surface area contributed by atoms with Gasteiger partial charge in [-0.3, -0.25) is 0 Å². The van der Waals surface area contributed by atoms with Gasteiger partial charge in [0, 0.05) is 17.6 Å². The second-order valence-corrected chi connectivity index (χ2v) is 6.43. The predicted octanol–water partition coefficient (Wildman–Crippen LogP) is 5.44. The Morgan fingerprint density at radius 1 is 0.857 bits per heavy atom. The van der Waals surface area contributed by atoms with Gasteiger partial charge < -0.3 is 5.32 Å². The highest BCUT2D eigenvalue weighted by atomic mass is 14.9. The SMILES string of the molecule is Cc1cc(C)cc(NC2CCCCC2c2ccccc2)c1. The molecular formula is C20H25N. The number of hydrogen-bond acceptors (Lipinski definition) is 1. The topological polar surface area (TPSA) is 12.0 Å². The fraction of sp³-hybridized carbons (Fsp3) is 0.400. The number of hydrogen-bond donors (Lipinski definition) is 1. The molecule has 1 aliphatic rings. The van der Waals surface area contributed by atoms with Crippen LogP contribution in [-0.4, -0.2) is 6.04 Å². The van der Waals surface area contributed by atoms with Crippen LogP contribution in [-0.2, 0) is 0 Å². The van der Waals surface area contributed by atoms with Crippen LogP contribution < -0.4 is 5.32 Å². The van der Waals surface area contributed by atoms with Gasteiger partial charge in [-0.1, -0.05) is 49.2 Å². The van der Waals surface area contributed by atoms with Crippen LogP contribution in [0.15, 0.2) is 48.5 Å². The van der Waals surface area contributed by atoms with Crippen molar-refractivity contribution in [1.82, 2.24) is 0 Å². The van der Waals surface area contributed by atoms with Gasteiger partial charge in [-0.15, -0.1) is 0 Å². The quantitative estimate of drug-likeness (QED) is 0.788. The molecule has 21 heavy (non-hydrogen) atoms. The van der Waals surface area contributed by atoms with Crippen molar-refractivity contribution >= 4 is 5.69 Å². The van der Waals surface area contributed by atoms with E-state index in [9.17, 15) is 0 Å². The van der Waals surface area contributed by atoms with Crippen LogP contribution in [0.3, 0.4) is 0 Å². The van der Waals surface area contributed by atoms with Crippen molar-refractivity contribution in [3.63, 3.8) is 0 Å². The molecule has 1 saturated carbocycles. The molecule has 0 bridgehead atoms. The smallest absolute Gasteiger partial charge is 0.0347 e. The lowest BCUT2D eigenvalue weighted by Crippen LogP contribution is -2.30. The average Bonchev–Trinajstić information content (AvgIpc) is 2.48. The maximum Gasteiger partial charge on any atom is 0.0347 e. The summed E-state index contributed by atoms with van der Waals surface area (Å²) in [4.78, 5) is 0. The molecule has 110 valence electrons. The van der Waals surface area contributed by atoms with Crippen LogP contribution in [0.2, 0.25) is 0 Å². The highest BCUT2D eigenvalue weighted by Gasteiger charge is 2.26. The highest BCUT2D eigenvalue weighted by Crippen LogP contribution is 2.35. The first kappa shape index (κ1) is 14.2. The van der Waals surface area contributed by atoms with E-state index in [-0.39, 0.29) is 0 Å². The Labute approximate surface area is 128 Å². The van der Waals surface area contributed by atoms with Crippen LogP contribution in [0.5, 0.6) is 0 Å². The van der Waals surface area contributed by atoms with Crippen molar-refractivity contribution < 1.29 is 0 Å². The summed E-state index contributed by atoms with van der Waals surface area (Å²) >= 11 is 0. The molecule has 0 amide bonds. The van der Waals surface area contributed by atoms with Gasteiger partial charge in [0.05, 0.1) is 0 Å². The zero-order valence-electron chi connectivity index (χ0n) is 13.1. The number of rotatable bonds is 3. The minimum atomic E-state index is 0.558. The maximum atomic E-state index is 3.81. The van der Waals surface area contributed by atoms with Gasteiger partial charge in [-0.05, 0) is 55.5 Å². The Balaban J connectivity index is 1.81. The molecule has 1 fully saturated rings. The molecule has 2 atom stereocenters. The number of anilines is 1. The van der Waals surface area contributed by atoms with E-state index >= 15 is 0 Å². The maximum absolute atomic E-state index is 3.81. The third kappa shape index (κ3) is 3.47. The largest absolute Gasteiger partial charge is 0.382 e. The van der Waals surface area contributed by atoms with Gasteiger partial charge in [0.25, 0.3) is 0 Å². The van der Waals surface area contributed by atoms with E-state index in [1.54, 1.807) is 0 Å². The van der Waals surface area contributed by atoms with Crippen LogP contribution in [0.1, 0.15) is 48.3 Å². The average molecular weight is 279 g/mol. The summed E-state index contributed by atoms with van der Waals surface area (Å²) in [5, 5.41) is 3.81. The van der Waals surface area contributed by atoms with E-state index < -0.39 is 0 Å². The molecular weight excluding hydrogens is 254 g/mol. The molecule has 1 N–H and O–H groups in total.